The first-order valence-electron chi connectivity index (χ1n) is 14.1. The van der Waals surface area contributed by atoms with Crippen LogP contribution in [0.5, 0.6) is 0 Å². The van der Waals surface area contributed by atoms with Crippen molar-refractivity contribution < 1.29 is 22.4 Å². The smallest absolute Gasteiger partial charge is 0.264 e. The molecule has 7 nitrogen and oxygen atoms in total. The number of amides is 2. The zero-order chi connectivity index (χ0) is 30.8. The molecule has 2 amide bonds. The first-order valence-corrected chi connectivity index (χ1v) is 15.6. The number of halogens is 1. The number of sulfonamides is 1. The number of anilines is 1. The van der Waals surface area contributed by atoms with Gasteiger partial charge < -0.3 is 10.2 Å². The second-order valence-corrected chi connectivity index (χ2v) is 12.5. The SMILES string of the molecule is CC(C)CNC(=O)[C@@H](Cc1ccccc1)N(Cc1ccccc1)C(=O)CN(c1ccccc1)S(=O)(=O)c1ccc(F)cc1. The van der Waals surface area contributed by atoms with E-state index in [1.807, 2.05) is 74.5 Å². The first kappa shape index (κ1) is 31.4. The van der Waals surface area contributed by atoms with Gasteiger partial charge in [-0.1, -0.05) is 92.7 Å². The van der Waals surface area contributed by atoms with Gasteiger partial charge in [-0.25, -0.2) is 12.8 Å². The van der Waals surface area contributed by atoms with Crippen LogP contribution in [0.3, 0.4) is 0 Å². The minimum Gasteiger partial charge on any atom is -0.354 e. The van der Waals surface area contributed by atoms with E-state index < -0.39 is 34.3 Å². The van der Waals surface area contributed by atoms with E-state index in [0.717, 1.165) is 27.6 Å². The van der Waals surface area contributed by atoms with Crippen LogP contribution >= 0.6 is 0 Å². The predicted molar refractivity (Wildman–Crippen MR) is 166 cm³/mol. The van der Waals surface area contributed by atoms with E-state index in [1.165, 1.54) is 17.0 Å². The number of nitrogens with one attached hydrogen (secondary N) is 1. The number of rotatable bonds is 13. The summed E-state index contributed by atoms with van der Waals surface area (Å²) in [6, 6.07) is 30.5. The molecular weight excluding hydrogens is 565 g/mol. The van der Waals surface area contributed by atoms with Gasteiger partial charge in [0, 0.05) is 19.5 Å². The molecule has 0 fully saturated rings. The van der Waals surface area contributed by atoms with Crippen molar-refractivity contribution in [3.63, 3.8) is 0 Å². The van der Waals surface area contributed by atoms with E-state index in [1.54, 1.807) is 30.3 Å². The number of para-hydroxylation sites is 1. The highest BCUT2D eigenvalue weighted by Crippen LogP contribution is 2.25. The van der Waals surface area contributed by atoms with E-state index in [0.29, 0.717) is 6.54 Å². The summed E-state index contributed by atoms with van der Waals surface area (Å²) < 4.78 is 42.4. The number of hydrogen-bond donors (Lipinski definition) is 1. The van der Waals surface area contributed by atoms with Crippen molar-refractivity contribution in [2.45, 2.75) is 37.8 Å². The van der Waals surface area contributed by atoms with Crippen molar-refractivity contribution in [2.24, 2.45) is 5.92 Å². The average Bonchev–Trinajstić information content (AvgIpc) is 3.01. The van der Waals surface area contributed by atoms with E-state index in [2.05, 4.69) is 5.32 Å². The Bertz CT molecular complexity index is 1580. The van der Waals surface area contributed by atoms with Crippen LogP contribution in [0.15, 0.2) is 120 Å². The minimum atomic E-state index is -4.28. The van der Waals surface area contributed by atoms with Crippen molar-refractivity contribution in [3.05, 3.63) is 132 Å². The number of carbonyl (C=O) groups excluding carboxylic acids is 2. The van der Waals surface area contributed by atoms with Gasteiger partial charge in [-0.2, -0.15) is 0 Å². The molecule has 0 aliphatic heterocycles. The molecular formula is C34H36FN3O4S. The standard InChI is InChI=1S/C34H36FN3O4S/c1-26(2)23-36-34(40)32(22-27-12-6-3-7-13-27)37(24-28-14-8-4-9-15-28)33(39)25-38(30-16-10-5-11-17-30)43(41,42)31-20-18-29(35)19-21-31/h3-21,26,32H,22-25H2,1-2H3,(H,36,40)/t32-/m1/s1. The van der Waals surface area contributed by atoms with Crippen LogP contribution in [0.1, 0.15) is 25.0 Å². The highest BCUT2D eigenvalue weighted by molar-refractivity contribution is 7.92. The fourth-order valence-corrected chi connectivity index (χ4v) is 6.03. The van der Waals surface area contributed by atoms with Gasteiger partial charge in [0.05, 0.1) is 10.6 Å². The summed E-state index contributed by atoms with van der Waals surface area (Å²) in [5.74, 6) is -1.27. The topological polar surface area (TPSA) is 86.8 Å². The molecule has 0 unspecified atom stereocenters. The van der Waals surface area contributed by atoms with Crippen molar-refractivity contribution >= 4 is 27.5 Å². The van der Waals surface area contributed by atoms with Gasteiger partial charge in [0.1, 0.15) is 18.4 Å². The fourth-order valence-electron chi connectivity index (χ4n) is 4.61. The Balaban J connectivity index is 1.76. The minimum absolute atomic E-state index is 0.0888. The van der Waals surface area contributed by atoms with Crippen LogP contribution in [0.2, 0.25) is 0 Å². The Morgan fingerprint density at radius 1 is 0.767 bits per heavy atom. The third-order valence-electron chi connectivity index (χ3n) is 6.88. The molecule has 0 spiro atoms. The number of hydrogen-bond acceptors (Lipinski definition) is 4. The molecule has 1 atom stereocenters. The molecule has 9 heteroatoms. The van der Waals surface area contributed by atoms with Gasteiger partial charge in [-0.3, -0.25) is 13.9 Å². The largest absolute Gasteiger partial charge is 0.354 e. The number of carbonyl (C=O) groups is 2. The number of nitrogens with zero attached hydrogens (tertiary/aromatic N) is 2. The maximum atomic E-state index is 14.3. The third-order valence-corrected chi connectivity index (χ3v) is 8.66. The summed E-state index contributed by atoms with van der Waals surface area (Å²) in [5, 5.41) is 2.97. The van der Waals surface area contributed by atoms with Crippen LogP contribution in [0.4, 0.5) is 10.1 Å². The molecule has 4 aromatic rings. The van der Waals surface area contributed by atoms with E-state index in [9.17, 15) is 22.4 Å². The molecule has 0 saturated carbocycles. The normalized spacial score (nSPS) is 12.0. The third kappa shape index (κ3) is 8.51. The molecule has 0 aliphatic rings. The summed E-state index contributed by atoms with van der Waals surface area (Å²) in [6.07, 6.45) is 0.236. The molecule has 0 aromatic heterocycles. The molecule has 0 heterocycles. The van der Waals surface area contributed by atoms with Crippen LogP contribution in [0.25, 0.3) is 0 Å². The highest BCUT2D eigenvalue weighted by atomic mass is 32.2. The molecule has 1 N–H and O–H groups in total. The van der Waals surface area contributed by atoms with Crippen LogP contribution < -0.4 is 9.62 Å². The van der Waals surface area contributed by atoms with E-state index in [4.69, 9.17) is 0 Å². The number of benzene rings is 4. The molecule has 4 aromatic carbocycles. The highest BCUT2D eigenvalue weighted by Gasteiger charge is 2.34. The van der Waals surface area contributed by atoms with Gasteiger partial charge in [0.15, 0.2) is 0 Å². The maximum absolute atomic E-state index is 14.3. The van der Waals surface area contributed by atoms with Gasteiger partial charge >= 0.3 is 0 Å². The molecule has 0 radical (unpaired) electrons. The van der Waals surface area contributed by atoms with E-state index in [-0.39, 0.29) is 35.4 Å². The van der Waals surface area contributed by atoms with Crippen LogP contribution in [-0.4, -0.2) is 44.3 Å². The van der Waals surface area contributed by atoms with Gasteiger partial charge in [-0.05, 0) is 53.4 Å². The van der Waals surface area contributed by atoms with Crippen molar-refractivity contribution in [3.8, 4) is 0 Å². The van der Waals surface area contributed by atoms with Gasteiger partial charge in [-0.15, -0.1) is 0 Å². The lowest BCUT2D eigenvalue weighted by Crippen LogP contribution is -2.53. The predicted octanol–water partition coefficient (Wildman–Crippen LogP) is 5.43. The Hall–Kier alpha value is -4.50. The summed E-state index contributed by atoms with van der Waals surface area (Å²) >= 11 is 0. The Labute approximate surface area is 253 Å². The quantitative estimate of drug-likeness (QED) is 0.221. The zero-order valence-corrected chi connectivity index (χ0v) is 25.1. The molecule has 0 bridgehead atoms. The van der Waals surface area contributed by atoms with Crippen molar-refractivity contribution in [1.29, 1.82) is 0 Å². The van der Waals surface area contributed by atoms with Crippen LogP contribution in [0, 0.1) is 11.7 Å². The molecule has 224 valence electrons. The lowest BCUT2D eigenvalue weighted by atomic mass is 10.0. The summed E-state index contributed by atoms with van der Waals surface area (Å²) in [6.45, 7) is 3.91. The summed E-state index contributed by atoms with van der Waals surface area (Å²) in [4.78, 5) is 29.3. The Morgan fingerprint density at radius 3 is 1.86 bits per heavy atom. The summed E-state index contributed by atoms with van der Waals surface area (Å²) in [5.41, 5.74) is 1.92. The fraction of sp³-hybridized carbons (Fsp3) is 0.235. The monoisotopic (exact) mass is 601 g/mol. The average molecular weight is 602 g/mol. The van der Waals surface area contributed by atoms with Gasteiger partial charge in [0.2, 0.25) is 11.8 Å². The molecule has 43 heavy (non-hydrogen) atoms. The molecule has 4 rings (SSSR count). The van der Waals surface area contributed by atoms with Crippen LogP contribution in [-0.2, 0) is 32.6 Å². The maximum Gasteiger partial charge on any atom is 0.264 e. The molecule has 0 aliphatic carbocycles. The van der Waals surface area contributed by atoms with Crippen molar-refractivity contribution in [1.82, 2.24) is 10.2 Å². The lowest BCUT2D eigenvalue weighted by molar-refractivity contribution is -0.140. The first-order chi connectivity index (χ1) is 20.6. The Morgan fingerprint density at radius 2 is 1.30 bits per heavy atom. The van der Waals surface area contributed by atoms with Gasteiger partial charge in [0.25, 0.3) is 10.0 Å². The molecule has 0 saturated heterocycles. The zero-order valence-electron chi connectivity index (χ0n) is 24.3. The second kappa shape index (κ2) is 14.6. The van der Waals surface area contributed by atoms with E-state index >= 15 is 0 Å². The van der Waals surface area contributed by atoms with Crippen molar-refractivity contribution in [2.75, 3.05) is 17.4 Å². The summed E-state index contributed by atoms with van der Waals surface area (Å²) in [7, 11) is -4.28. The lowest BCUT2D eigenvalue weighted by Gasteiger charge is -2.34. The Kier molecular flexibility index (Phi) is 10.7. The second-order valence-electron chi connectivity index (χ2n) is 10.7.